The number of nitrogens with zero attached hydrogens (tertiary/aromatic N) is 1. The number of hydrogen-bond acceptors (Lipinski definition) is 2. The van der Waals surface area contributed by atoms with Crippen molar-refractivity contribution < 1.29 is 14.9 Å². The predicted molar refractivity (Wildman–Crippen MR) is 87.6 cm³/mol. The second-order valence-corrected chi connectivity index (χ2v) is 5.52. The highest BCUT2D eigenvalue weighted by Gasteiger charge is 2.19. The van der Waals surface area contributed by atoms with E-state index in [9.17, 15) is 9.59 Å². The Balaban J connectivity index is 2.53. The van der Waals surface area contributed by atoms with Gasteiger partial charge in [0.25, 0.3) is 5.91 Å². The maximum Gasteiger partial charge on any atom is 0.278 e. The summed E-state index contributed by atoms with van der Waals surface area (Å²) >= 11 is 6.16. The Morgan fingerprint density at radius 1 is 1.32 bits per heavy atom. The Bertz CT molecular complexity index is 508. The van der Waals surface area contributed by atoms with Crippen LogP contribution in [-0.2, 0) is 9.59 Å². The molecule has 1 aromatic rings. The third-order valence-electron chi connectivity index (χ3n) is 3.48. The van der Waals surface area contributed by atoms with E-state index < -0.39 is 0 Å². The molecule has 1 aromatic carbocycles. The number of carbonyl (C=O) groups is 2. The van der Waals surface area contributed by atoms with Crippen molar-refractivity contribution in [2.75, 3.05) is 26.2 Å². The highest BCUT2D eigenvalue weighted by atomic mass is 35.5. The van der Waals surface area contributed by atoms with Gasteiger partial charge in [-0.1, -0.05) is 29.8 Å². The van der Waals surface area contributed by atoms with Crippen LogP contribution in [0.4, 0.5) is 0 Å². The number of nitrogens with one attached hydrogen (secondary N) is 1. The number of quaternary nitrogens is 1. The molecule has 1 rings (SSSR count). The molecule has 22 heavy (non-hydrogen) atoms. The molecule has 0 aromatic heterocycles. The number of nitrogens with two attached hydrogens (primary N) is 1. The summed E-state index contributed by atoms with van der Waals surface area (Å²) < 4.78 is 0. The summed E-state index contributed by atoms with van der Waals surface area (Å²) in [5.74, 6) is -0.176. The molecule has 1 atom stereocenters. The molecule has 5 nitrogen and oxygen atoms in total. The van der Waals surface area contributed by atoms with Crippen LogP contribution in [0.1, 0.15) is 32.4 Å². The molecule has 0 heterocycles. The minimum Gasteiger partial charge on any atom is -0.355 e. The predicted octanol–water partition coefficient (Wildman–Crippen LogP) is 0.949. The third kappa shape index (κ3) is 5.66. The smallest absolute Gasteiger partial charge is 0.278 e. The van der Waals surface area contributed by atoms with Gasteiger partial charge in [0.1, 0.15) is 6.04 Å². The van der Waals surface area contributed by atoms with Gasteiger partial charge in [-0.05, 0) is 26.8 Å². The lowest BCUT2D eigenvalue weighted by Gasteiger charge is -2.20. The van der Waals surface area contributed by atoms with E-state index in [4.69, 9.17) is 11.6 Å². The van der Waals surface area contributed by atoms with Gasteiger partial charge in [0, 0.05) is 23.7 Å². The van der Waals surface area contributed by atoms with Gasteiger partial charge in [-0.2, -0.15) is 0 Å². The number of hydrogen-bond donors (Lipinski definition) is 2. The fourth-order valence-electron chi connectivity index (χ4n) is 2.18. The van der Waals surface area contributed by atoms with E-state index in [1.807, 2.05) is 50.4 Å². The molecule has 3 N–H and O–H groups in total. The molecule has 122 valence electrons. The average Bonchev–Trinajstić information content (AvgIpc) is 2.50. The zero-order chi connectivity index (χ0) is 16.5. The summed E-state index contributed by atoms with van der Waals surface area (Å²) in [5.41, 5.74) is 1.00. The molecule has 0 aliphatic carbocycles. The second kappa shape index (κ2) is 9.43. The zero-order valence-corrected chi connectivity index (χ0v) is 14.2. The number of benzene rings is 1. The Kier molecular flexibility index (Phi) is 7.91. The number of likely N-dealkylation sites (N-methyl/N-ethyl adjacent to an activating group) is 2. The third-order valence-corrected chi connectivity index (χ3v) is 3.83. The van der Waals surface area contributed by atoms with Crippen LogP contribution in [0.15, 0.2) is 24.3 Å². The van der Waals surface area contributed by atoms with Crippen LogP contribution >= 0.6 is 11.6 Å². The van der Waals surface area contributed by atoms with E-state index in [2.05, 4.69) is 5.32 Å². The summed E-state index contributed by atoms with van der Waals surface area (Å²) in [5, 5.41) is 5.34. The van der Waals surface area contributed by atoms with E-state index in [0.717, 1.165) is 5.56 Å². The minimum absolute atomic E-state index is 0.0485. The summed E-state index contributed by atoms with van der Waals surface area (Å²) in [7, 11) is 0. The zero-order valence-electron chi connectivity index (χ0n) is 13.4. The first-order valence-corrected chi connectivity index (χ1v) is 7.99. The van der Waals surface area contributed by atoms with Gasteiger partial charge < -0.3 is 15.5 Å². The van der Waals surface area contributed by atoms with Crippen LogP contribution in [0, 0.1) is 0 Å². The second-order valence-electron chi connectivity index (χ2n) is 5.11. The lowest BCUT2D eigenvalue weighted by molar-refractivity contribution is -0.683. The molecular formula is C16H25ClN3O2+. The van der Waals surface area contributed by atoms with Crippen molar-refractivity contribution in [3.05, 3.63) is 34.9 Å². The first-order chi connectivity index (χ1) is 10.5. The fraction of sp³-hybridized carbons (Fsp3) is 0.500. The molecule has 6 heteroatoms. The topological polar surface area (TPSA) is 66.0 Å². The van der Waals surface area contributed by atoms with Crippen LogP contribution in [-0.4, -0.2) is 42.9 Å². The largest absolute Gasteiger partial charge is 0.355 e. The fourth-order valence-corrected chi connectivity index (χ4v) is 2.49. The molecule has 0 unspecified atom stereocenters. The van der Waals surface area contributed by atoms with Crippen molar-refractivity contribution in [1.82, 2.24) is 10.2 Å². The summed E-state index contributed by atoms with van der Waals surface area (Å²) in [4.78, 5) is 25.4. The first-order valence-electron chi connectivity index (χ1n) is 7.61. The van der Waals surface area contributed by atoms with Crippen LogP contribution in [0.25, 0.3) is 0 Å². The molecular weight excluding hydrogens is 302 g/mol. The molecule has 0 radical (unpaired) electrons. The maximum atomic E-state index is 12.2. The number of halogens is 1. The molecule has 0 saturated carbocycles. The standard InChI is InChI=1S/C16H24ClN3O2/c1-4-18-15(21)11-20(5-2)16(22)10-19-12(3)13-8-6-7-9-14(13)17/h6-9,12,19H,4-5,10-11H2,1-3H3,(H,18,21)/p+1/t12-/m0/s1. The lowest BCUT2D eigenvalue weighted by Crippen LogP contribution is -2.87. The van der Waals surface area contributed by atoms with Gasteiger partial charge in [0.05, 0.1) is 6.54 Å². The Labute approximate surface area is 137 Å². The van der Waals surface area contributed by atoms with E-state index in [-0.39, 0.29) is 24.4 Å². The molecule has 0 aliphatic rings. The van der Waals surface area contributed by atoms with Crippen molar-refractivity contribution in [1.29, 1.82) is 0 Å². The van der Waals surface area contributed by atoms with Crippen molar-refractivity contribution in [2.45, 2.75) is 26.8 Å². The number of amides is 2. The van der Waals surface area contributed by atoms with Crippen molar-refractivity contribution >= 4 is 23.4 Å². The number of carbonyl (C=O) groups excluding carboxylic acids is 2. The minimum atomic E-state index is -0.128. The van der Waals surface area contributed by atoms with Gasteiger partial charge in [0.2, 0.25) is 5.91 Å². The lowest BCUT2D eigenvalue weighted by atomic mass is 10.1. The van der Waals surface area contributed by atoms with Gasteiger partial charge in [-0.25, -0.2) is 0 Å². The van der Waals surface area contributed by atoms with E-state index in [1.54, 1.807) is 4.90 Å². The highest BCUT2D eigenvalue weighted by Crippen LogP contribution is 2.19. The summed E-state index contributed by atoms with van der Waals surface area (Å²) in [6, 6.07) is 7.70. The van der Waals surface area contributed by atoms with Gasteiger partial charge in [-0.3, -0.25) is 9.59 Å². The van der Waals surface area contributed by atoms with Crippen molar-refractivity contribution in [3.8, 4) is 0 Å². The van der Waals surface area contributed by atoms with Crippen LogP contribution in [0.3, 0.4) is 0 Å². The maximum absolute atomic E-state index is 12.2. The molecule has 0 saturated heterocycles. The van der Waals surface area contributed by atoms with Crippen LogP contribution in [0.2, 0.25) is 5.02 Å². The summed E-state index contributed by atoms with van der Waals surface area (Å²) in [6.45, 7) is 7.22. The van der Waals surface area contributed by atoms with Crippen molar-refractivity contribution in [3.63, 3.8) is 0 Å². The summed E-state index contributed by atoms with van der Waals surface area (Å²) in [6.07, 6.45) is 0. The monoisotopic (exact) mass is 326 g/mol. The molecule has 0 aliphatic heterocycles. The average molecular weight is 327 g/mol. The normalized spacial score (nSPS) is 11.8. The molecule has 2 amide bonds. The molecule has 0 bridgehead atoms. The van der Waals surface area contributed by atoms with Gasteiger partial charge in [0.15, 0.2) is 6.54 Å². The highest BCUT2D eigenvalue weighted by molar-refractivity contribution is 6.31. The van der Waals surface area contributed by atoms with Crippen molar-refractivity contribution in [2.24, 2.45) is 0 Å². The van der Waals surface area contributed by atoms with E-state index in [0.29, 0.717) is 24.7 Å². The molecule has 0 spiro atoms. The van der Waals surface area contributed by atoms with Crippen LogP contribution in [0.5, 0.6) is 0 Å². The van der Waals surface area contributed by atoms with Crippen LogP contribution < -0.4 is 10.6 Å². The van der Waals surface area contributed by atoms with Gasteiger partial charge in [-0.15, -0.1) is 0 Å². The SMILES string of the molecule is CCNC(=O)CN(CC)C(=O)C[NH2+][C@@H](C)c1ccccc1Cl. The van der Waals surface area contributed by atoms with E-state index >= 15 is 0 Å². The first kappa shape index (κ1) is 18.5. The van der Waals surface area contributed by atoms with E-state index in [1.165, 1.54) is 0 Å². The Hall–Kier alpha value is -1.59. The van der Waals surface area contributed by atoms with Gasteiger partial charge >= 0.3 is 0 Å². The molecule has 0 fully saturated rings. The quantitative estimate of drug-likeness (QED) is 0.747. The Morgan fingerprint density at radius 3 is 2.59 bits per heavy atom. The number of rotatable bonds is 8. The Morgan fingerprint density at radius 2 is 2.00 bits per heavy atom.